The van der Waals surface area contributed by atoms with E-state index in [0.29, 0.717) is 6.04 Å². The quantitative estimate of drug-likeness (QED) is 0.872. The van der Waals surface area contributed by atoms with Crippen molar-refractivity contribution >= 4 is 15.9 Å². The van der Waals surface area contributed by atoms with Gasteiger partial charge in [-0.15, -0.1) is 0 Å². The number of rotatable bonds is 2. The molecule has 3 rings (SSSR count). The average Bonchev–Trinajstić information content (AvgIpc) is 2.47. The van der Waals surface area contributed by atoms with Gasteiger partial charge in [-0.05, 0) is 37.7 Å². The lowest BCUT2D eigenvalue weighted by atomic mass is 9.92. The minimum atomic E-state index is 0.107. The van der Waals surface area contributed by atoms with Gasteiger partial charge in [-0.25, -0.2) is 0 Å². The highest BCUT2D eigenvalue weighted by Crippen LogP contribution is 2.41. The lowest BCUT2D eigenvalue weighted by molar-refractivity contribution is 0.154. The number of aryl methyl sites for hydroxylation is 1. The summed E-state index contributed by atoms with van der Waals surface area (Å²) in [6.07, 6.45) is 1.06. The number of hydrogen-bond acceptors (Lipinski definition) is 2. The van der Waals surface area contributed by atoms with Gasteiger partial charge in [0.15, 0.2) is 0 Å². The highest BCUT2D eigenvalue weighted by molar-refractivity contribution is 9.10. The van der Waals surface area contributed by atoms with Crippen molar-refractivity contribution in [3.05, 3.63) is 63.6 Å². The molecule has 0 radical (unpaired) electrons. The molecule has 1 heterocycles. The molecule has 1 N–H and O–H groups in total. The molecule has 1 aliphatic rings. The Bertz CT molecular complexity index is 609. The van der Waals surface area contributed by atoms with Crippen LogP contribution in [0, 0.1) is 6.92 Å². The van der Waals surface area contributed by atoms with Crippen molar-refractivity contribution < 1.29 is 4.74 Å². The van der Waals surface area contributed by atoms with Crippen LogP contribution in [0.25, 0.3) is 0 Å². The highest BCUT2D eigenvalue weighted by atomic mass is 79.9. The first-order valence-electron chi connectivity index (χ1n) is 6.87. The van der Waals surface area contributed by atoms with Crippen LogP contribution in [0.3, 0.4) is 0 Å². The number of benzene rings is 2. The molecular weight excluding hydrogens is 314 g/mol. The third-order valence-corrected chi connectivity index (χ3v) is 4.38. The number of halogens is 1. The molecule has 1 aliphatic heterocycles. The predicted molar refractivity (Wildman–Crippen MR) is 85.1 cm³/mol. The molecule has 2 aromatic rings. The van der Waals surface area contributed by atoms with E-state index in [1.165, 1.54) is 16.7 Å². The van der Waals surface area contributed by atoms with E-state index in [-0.39, 0.29) is 6.10 Å². The zero-order valence-corrected chi connectivity index (χ0v) is 13.3. The molecule has 2 nitrogen and oxygen atoms in total. The molecule has 2 unspecified atom stereocenters. The second-order valence-electron chi connectivity index (χ2n) is 5.28. The van der Waals surface area contributed by atoms with Crippen molar-refractivity contribution in [1.29, 1.82) is 0 Å². The van der Waals surface area contributed by atoms with Gasteiger partial charge in [-0.3, -0.25) is 0 Å². The predicted octanol–water partition coefficient (Wildman–Crippen LogP) is 4.54. The van der Waals surface area contributed by atoms with Gasteiger partial charge < -0.3 is 10.1 Å². The fourth-order valence-electron chi connectivity index (χ4n) is 2.74. The van der Waals surface area contributed by atoms with Gasteiger partial charge in [0.1, 0.15) is 11.9 Å². The molecule has 3 heteroatoms. The molecule has 104 valence electrons. The maximum Gasteiger partial charge on any atom is 0.126 e. The van der Waals surface area contributed by atoms with E-state index in [4.69, 9.17) is 4.74 Å². The van der Waals surface area contributed by atoms with Gasteiger partial charge in [0.25, 0.3) is 0 Å². The molecular formula is C17H18BrNO. The number of nitrogens with one attached hydrogen (secondary N) is 1. The van der Waals surface area contributed by atoms with Crippen LogP contribution in [0.4, 0.5) is 0 Å². The monoisotopic (exact) mass is 331 g/mol. The van der Waals surface area contributed by atoms with Crippen LogP contribution >= 0.6 is 15.9 Å². The SMILES string of the molecule is CNC1CC(c2ccc(Br)cc2)Oc2ccc(C)cc21. The van der Waals surface area contributed by atoms with Crippen LogP contribution in [0.1, 0.15) is 35.3 Å². The second kappa shape index (κ2) is 5.58. The zero-order valence-electron chi connectivity index (χ0n) is 11.7. The zero-order chi connectivity index (χ0) is 14.1. The summed E-state index contributed by atoms with van der Waals surface area (Å²) < 4.78 is 7.29. The van der Waals surface area contributed by atoms with Gasteiger partial charge in [0.2, 0.25) is 0 Å². The Morgan fingerprint density at radius 2 is 1.90 bits per heavy atom. The third kappa shape index (κ3) is 2.60. The summed E-state index contributed by atoms with van der Waals surface area (Å²) in [5, 5.41) is 3.41. The molecule has 0 aromatic heterocycles. The van der Waals surface area contributed by atoms with Crippen molar-refractivity contribution in [2.24, 2.45) is 0 Å². The van der Waals surface area contributed by atoms with Crippen LogP contribution in [0.2, 0.25) is 0 Å². The van der Waals surface area contributed by atoms with Gasteiger partial charge >= 0.3 is 0 Å². The Morgan fingerprint density at radius 3 is 2.60 bits per heavy atom. The van der Waals surface area contributed by atoms with Gasteiger partial charge in [-0.1, -0.05) is 45.8 Å². The third-order valence-electron chi connectivity index (χ3n) is 3.85. The fraction of sp³-hybridized carbons (Fsp3) is 0.294. The largest absolute Gasteiger partial charge is 0.485 e. The lowest BCUT2D eigenvalue weighted by Crippen LogP contribution is -2.26. The van der Waals surface area contributed by atoms with E-state index in [0.717, 1.165) is 16.6 Å². The van der Waals surface area contributed by atoms with E-state index in [9.17, 15) is 0 Å². The normalized spacial score (nSPS) is 21.1. The van der Waals surface area contributed by atoms with Crippen LogP contribution in [-0.2, 0) is 0 Å². The average molecular weight is 332 g/mol. The van der Waals surface area contributed by atoms with E-state index >= 15 is 0 Å². The minimum absolute atomic E-state index is 0.107. The molecule has 0 aliphatic carbocycles. The van der Waals surface area contributed by atoms with Crippen molar-refractivity contribution in [1.82, 2.24) is 5.32 Å². The summed E-state index contributed by atoms with van der Waals surface area (Å²) in [6.45, 7) is 2.12. The van der Waals surface area contributed by atoms with E-state index < -0.39 is 0 Å². The Hall–Kier alpha value is -1.32. The molecule has 20 heavy (non-hydrogen) atoms. The smallest absolute Gasteiger partial charge is 0.126 e. The summed E-state index contributed by atoms with van der Waals surface area (Å²) in [6, 6.07) is 15.1. The topological polar surface area (TPSA) is 21.3 Å². The summed E-state index contributed by atoms with van der Waals surface area (Å²) >= 11 is 3.48. The van der Waals surface area contributed by atoms with Crippen LogP contribution in [0.15, 0.2) is 46.9 Å². The van der Waals surface area contributed by atoms with E-state index in [1.54, 1.807) is 0 Å². The minimum Gasteiger partial charge on any atom is -0.485 e. The van der Waals surface area contributed by atoms with Crippen molar-refractivity contribution in [2.75, 3.05) is 7.05 Å². The van der Waals surface area contributed by atoms with E-state index in [1.807, 2.05) is 7.05 Å². The summed E-state index contributed by atoms with van der Waals surface area (Å²) in [5.74, 6) is 0.995. The first-order chi connectivity index (χ1) is 9.67. The number of hydrogen-bond donors (Lipinski definition) is 1. The van der Waals surface area contributed by atoms with Gasteiger partial charge in [0.05, 0.1) is 0 Å². The molecule has 2 aromatic carbocycles. The van der Waals surface area contributed by atoms with Crippen LogP contribution in [0.5, 0.6) is 5.75 Å². The number of fused-ring (bicyclic) bond motifs is 1. The molecule has 0 bridgehead atoms. The summed E-state index contributed by atoms with van der Waals surface area (Å²) in [4.78, 5) is 0. The van der Waals surface area contributed by atoms with Gasteiger partial charge in [0, 0.05) is 22.5 Å². The molecule has 0 saturated heterocycles. The molecule has 0 saturated carbocycles. The van der Waals surface area contributed by atoms with Crippen LogP contribution in [-0.4, -0.2) is 7.05 Å². The Morgan fingerprint density at radius 1 is 1.15 bits per heavy atom. The van der Waals surface area contributed by atoms with Crippen molar-refractivity contribution in [3.8, 4) is 5.75 Å². The Kier molecular flexibility index (Phi) is 3.81. The van der Waals surface area contributed by atoms with Crippen molar-refractivity contribution in [3.63, 3.8) is 0 Å². The van der Waals surface area contributed by atoms with Crippen molar-refractivity contribution in [2.45, 2.75) is 25.5 Å². The van der Waals surface area contributed by atoms with Gasteiger partial charge in [-0.2, -0.15) is 0 Å². The maximum absolute atomic E-state index is 6.19. The Labute approximate surface area is 128 Å². The molecule has 0 fully saturated rings. The molecule has 0 amide bonds. The standard InChI is InChI=1S/C17H18BrNO/c1-11-3-8-16-14(9-11)15(19-2)10-17(20-16)12-4-6-13(18)7-5-12/h3-9,15,17,19H,10H2,1-2H3. The lowest BCUT2D eigenvalue weighted by Gasteiger charge is -2.32. The second-order valence-corrected chi connectivity index (χ2v) is 6.19. The van der Waals surface area contributed by atoms with Crippen LogP contribution < -0.4 is 10.1 Å². The first-order valence-corrected chi connectivity index (χ1v) is 7.66. The summed E-state index contributed by atoms with van der Waals surface area (Å²) in [5.41, 5.74) is 3.76. The maximum atomic E-state index is 6.19. The Balaban J connectivity index is 1.94. The fourth-order valence-corrected chi connectivity index (χ4v) is 3.01. The molecule has 0 spiro atoms. The molecule has 2 atom stereocenters. The first kappa shape index (κ1) is 13.7. The number of ether oxygens (including phenoxy) is 1. The summed E-state index contributed by atoms with van der Waals surface area (Å²) in [7, 11) is 2.01. The van der Waals surface area contributed by atoms with E-state index in [2.05, 4.69) is 70.6 Å². The highest BCUT2D eigenvalue weighted by Gasteiger charge is 2.28.